The average molecular weight is 319 g/mol. The molecule has 1 aromatic carbocycles. The minimum atomic E-state index is -0.322. The van der Waals surface area contributed by atoms with E-state index in [1.807, 2.05) is 31.2 Å². The van der Waals surface area contributed by atoms with Gasteiger partial charge in [-0.15, -0.1) is 11.8 Å². The van der Waals surface area contributed by atoms with Gasteiger partial charge in [0.25, 0.3) is 0 Å². The Hall–Kier alpha value is -2.35. The van der Waals surface area contributed by atoms with Gasteiger partial charge in [0.15, 0.2) is 12.4 Å². The van der Waals surface area contributed by atoms with E-state index < -0.39 is 0 Å². The Bertz CT molecular complexity index is 628. The van der Waals surface area contributed by atoms with Crippen LogP contribution in [0.2, 0.25) is 0 Å². The molecule has 0 unspecified atom stereocenters. The molecule has 1 heterocycles. The fourth-order valence-corrected chi connectivity index (χ4v) is 2.46. The first kappa shape index (κ1) is 16.0. The van der Waals surface area contributed by atoms with Crippen LogP contribution < -0.4 is 11.5 Å². The Kier molecular flexibility index (Phi) is 5.54. The number of thioether (sulfide) groups is 1. The molecule has 0 bridgehead atoms. The lowest BCUT2D eigenvalue weighted by Gasteiger charge is -2.05. The molecule has 116 valence electrons. The van der Waals surface area contributed by atoms with E-state index >= 15 is 0 Å². The third kappa shape index (κ3) is 5.21. The van der Waals surface area contributed by atoms with Gasteiger partial charge < -0.3 is 16.2 Å². The molecule has 1 aromatic heterocycles. The molecule has 0 radical (unpaired) electrons. The van der Waals surface area contributed by atoms with E-state index in [4.69, 9.17) is 16.2 Å². The number of aromatic nitrogens is 3. The van der Waals surface area contributed by atoms with Crippen LogP contribution >= 0.6 is 11.8 Å². The van der Waals surface area contributed by atoms with Gasteiger partial charge in [0.1, 0.15) is 0 Å². The molecule has 2 aromatic rings. The number of anilines is 2. The minimum absolute atomic E-state index is 0.00785. The molecule has 0 aliphatic carbocycles. The van der Waals surface area contributed by atoms with Gasteiger partial charge in [0.2, 0.25) is 11.9 Å². The average Bonchev–Trinajstić information content (AvgIpc) is 2.46. The topological polar surface area (TPSA) is 117 Å². The summed E-state index contributed by atoms with van der Waals surface area (Å²) in [6.45, 7) is 1.97. The Balaban J connectivity index is 1.72. The summed E-state index contributed by atoms with van der Waals surface area (Å²) < 4.78 is 5.08. The summed E-state index contributed by atoms with van der Waals surface area (Å²) in [6.07, 6.45) is 0.300. The van der Waals surface area contributed by atoms with Crippen molar-refractivity contribution < 1.29 is 9.53 Å². The van der Waals surface area contributed by atoms with Crippen molar-refractivity contribution in [2.75, 3.05) is 17.2 Å². The Morgan fingerprint density at radius 2 is 1.77 bits per heavy atom. The van der Waals surface area contributed by atoms with Crippen molar-refractivity contribution in [1.82, 2.24) is 15.0 Å². The highest BCUT2D eigenvalue weighted by Gasteiger charge is 2.07. The highest BCUT2D eigenvalue weighted by Crippen LogP contribution is 2.19. The highest BCUT2D eigenvalue weighted by molar-refractivity contribution is 7.99. The zero-order valence-electron chi connectivity index (χ0n) is 12.2. The molecular weight excluding hydrogens is 302 g/mol. The zero-order chi connectivity index (χ0) is 15.9. The number of hydrogen-bond acceptors (Lipinski definition) is 8. The molecule has 0 spiro atoms. The maximum Gasteiger partial charge on any atom is 0.307 e. The van der Waals surface area contributed by atoms with Crippen molar-refractivity contribution in [2.45, 2.75) is 24.8 Å². The summed E-state index contributed by atoms with van der Waals surface area (Å²) in [5, 5.41) is 0. The van der Waals surface area contributed by atoms with E-state index in [1.54, 1.807) is 11.8 Å². The summed E-state index contributed by atoms with van der Waals surface area (Å²) in [4.78, 5) is 24.1. The van der Waals surface area contributed by atoms with Crippen LogP contribution in [0.3, 0.4) is 0 Å². The number of carbonyl (C=O) groups is 1. The molecule has 22 heavy (non-hydrogen) atoms. The second-order valence-corrected chi connectivity index (χ2v) is 5.71. The van der Waals surface area contributed by atoms with Gasteiger partial charge >= 0.3 is 5.97 Å². The van der Waals surface area contributed by atoms with Gasteiger partial charge in [-0.2, -0.15) is 15.0 Å². The number of nitrogen functional groups attached to an aromatic ring is 2. The van der Waals surface area contributed by atoms with Gasteiger partial charge in [-0.3, -0.25) is 4.79 Å². The molecule has 0 atom stereocenters. The maximum atomic E-state index is 11.7. The van der Waals surface area contributed by atoms with Gasteiger partial charge in [0.05, 0.1) is 6.42 Å². The lowest BCUT2D eigenvalue weighted by molar-refractivity contribution is -0.144. The van der Waals surface area contributed by atoms with Crippen LogP contribution in [0.5, 0.6) is 0 Å². The normalized spacial score (nSPS) is 10.4. The lowest BCUT2D eigenvalue weighted by atomic mass is 10.2. The first-order valence-corrected chi connectivity index (χ1v) is 7.62. The monoisotopic (exact) mass is 319 g/mol. The minimum Gasteiger partial charge on any atom is -0.457 e. The highest BCUT2D eigenvalue weighted by atomic mass is 32.2. The van der Waals surface area contributed by atoms with E-state index in [1.165, 1.54) is 5.56 Å². The number of nitrogens with zero attached hydrogens (tertiary/aromatic N) is 3. The van der Waals surface area contributed by atoms with Gasteiger partial charge in [-0.1, -0.05) is 17.7 Å². The van der Waals surface area contributed by atoms with Crippen molar-refractivity contribution in [2.24, 2.45) is 0 Å². The van der Waals surface area contributed by atoms with Crippen molar-refractivity contribution in [1.29, 1.82) is 0 Å². The third-order valence-electron chi connectivity index (χ3n) is 2.67. The summed E-state index contributed by atoms with van der Waals surface area (Å²) in [7, 11) is 0. The molecule has 0 amide bonds. The van der Waals surface area contributed by atoms with Gasteiger partial charge in [-0.25, -0.2) is 0 Å². The second kappa shape index (κ2) is 7.60. The number of esters is 1. The Labute approximate surface area is 132 Å². The number of ether oxygens (including phenoxy) is 1. The molecule has 0 fully saturated rings. The predicted octanol–water partition coefficient (Wildman–Crippen LogP) is 1.57. The number of nitrogens with two attached hydrogens (primary N) is 2. The van der Waals surface area contributed by atoms with Crippen LogP contribution in [0.25, 0.3) is 0 Å². The molecule has 0 aliphatic heterocycles. The molecule has 0 saturated carbocycles. The lowest BCUT2D eigenvalue weighted by Crippen LogP contribution is -2.11. The van der Waals surface area contributed by atoms with E-state index in [0.29, 0.717) is 12.2 Å². The number of carbonyl (C=O) groups excluding carboxylic acids is 1. The first-order chi connectivity index (χ1) is 10.5. The maximum absolute atomic E-state index is 11.7. The van der Waals surface area contributed by atoms with Gasteiger partial charge in [0, 0.05) is 10.6 Å². The molecule has 0 aliphatic rings. The van der Waals surface area contributed by atoms with Crippen LogP contribution in [0.15, 0.2) is 29.2 Å². The van der Waals surface area contributed by atoms with Gasteiger partial charge in [-0.05, 0) is 19.1 Å². The van der Waals surface area contributed by atoms with Crippen molar-refractivity contribution in [3.05, 3.63) is 35.7 Å². The quantitative estimate of drug-likeness (QED) is 0.608. The molecule has 2 rings (SSSR count). The molecule has 8 heteroatoms. The summed E-state index contributed by atoms with van der Waals surface area (Å²) in [5.41, 5.74) is 12.1. The van der Waals surface area contributed by atoms with Crippen LogP contribution in [0, 0.1) is 6.92 Å². The van der Waals surface area contributed by atoms with E-state index in [2.05, 4.69) is 15.0 Å². The SMILES string of the molecule is Cc1ccc(SCCC(=O)OCc2nc(N)nc(N)n2)cc1. The predicted molar refractivity (Wildman–Crippen MR) is 85.0 cm³/mol. The summed E-state index contributed by atoms with van der Waals surface area (Å²) in [6, 6.07) is 8.13. The molecule has 4 N–H and O–H groups in total. The molecular formula is C14H17N5O2S. The fraction of sp³-hybridized carbons (Fsp3) is 0.286. The fourth-order valence-electron chi connectivity index (χ4n) is 1.63. The first-order valence-electron chi connectivity index (χ1n) is 6.64. The van der Waals surface area contributed by atoms with E-state index in [9.17, 15) is 4.79 Å². The smallest absolute Gasteiger partial charge is 0.307 e. The largest absolute Gasteiger partial charge is 0.457 e. The van der Waals surface area contributed by atoms with E-state index in [-0.39, 0.29) is 30.3 Å². The zero-order valence-corrected chi connectivity index (χ0v) is 13.0. The number of aryl methyl sites for hydroxylation is 1. The summed E-state index contributed by atoms with van der Waals surface area (Å²) in [5.74, 6) is 0.576. The van der Waals surface area contributed by atoms with Crippen molar-refractivity contribution in [3.8, 4) is 0 Å². The second-order valence-electron chi connectivity index (χ2n) is 4.54. The van der Waals surface area contributed by atoms with Crippen molar-refractivity contribution >= 4 is 29.6 Å². The number of hydrogen-bond donors (Lipinski definition) is 2. The standard InChI is InChI=1S/C14H17N5O2S/c1-9-2-4-10(5-3-9)22-7-6-12(20)21-8-11-17-13(15)19-14(16)18-11/h2-5H,6-8H2,1H3,(H4,15,16,17,18,19). The molecule has 0 saturated heterocycles. The van der Waals surface area contributed by atoms with Crippen LogP contribution in [-0.2, 0) is 16.1 Å². The van der Waals surface area contributed by atoms with E-state index in [0.717, 1.165) is 4.90 Å². The Morgan fingerprint density at radius 1 is 1.14 bits per heavy atom. The van der Waals surface area contributed by atoms with Crippen LogP contribution in [-0.4, -0.2) is 26.7 Å². The number of rotatable bonds is 6. The third-order valence-corrected chi connectivity index (χ3v) is 3.69. The van der Waals surface area contributed by atoms with Crippen molar-refractivity contribution in [3.63, 3.8) is 0 Å². The number of benzene rings is 1. The Morgan fingerprint density at radius 3 is 2.41 bits per heavy atom. The van der Waals surface area contributed by atoms with Crippen LogP contribution in [0.1, 0.15) is 17.8 Å². The molecule has 7 nitrogen and oxygen atoms in total. The summed E-state index contributed by atoms with van der Waals surface area (Å²) >= 11 is 1.60. The van der Waals surface area contributed by atoms with Crippen LogP contribution in [0.4, 0.5) is 11.9 Å².